The molecule has 17 heavy (non-hydrogen) atoms. The van der Waals surface area contributed by atoms with Gasteiger partial charge in [-0.15, -0.1) is 0 Å². The molecule has 2 rings (SSSR count). The first-order valence-corrected chi connectivity index (χ1v) is 6.48. The van der Waals surface area contributed by atoms with Crippen molar-refractivity contribution in [3.05, 3.63) is 24.3 Å². The maximum absolute atomic E-state index is 9.53. The molecule has 0 aliphatic carbocycles. The smallest absolute Gasteiger partial charge is 0.160 e. The van der Waals surface area contributed by atoms with Gasteiger partial charge in [0.25, 0.3) is 0 Å². The standard InChI is InChI=1S/C14H21NO2/c16-13-5-1-2-6-14(13)17-11-3-4-12-7-9-15-10-8-12/h1-2,5-6,12,15-16H,3-4,7-11H2. The summed E-state index contributed by atoms with van der Waals surface area (Å²) in [4.78, 5) is 0. The van der Waals surface area contributed by atoms with Crippen molar-refractivity contribution in [3.63, 3.8) is 0 Å². The van der Waals surface area contributed by atoms with E-state index >= 15 is 0 Å². The van der Waals surface area contributed by atoms with Crippen molar-refractivity contribution in [2.75, 3.05) is 19.7 Å². The molecule has 3 nitrogen and oxygen atoms in total. The minimum Gasteiger partial charge on any atom is -0.504 e. The van der Waals surface area contributed by atoms with E-state index in [0.29, 0.717) is 12.4 Å². The van der Waals surface area contributed by atoms with Gasteiger partial charge in [-0.3, -0.25) is 0 Å². The minimum absolute atomic E-state index is 0.231. The monoisotopic (exact) mass is 235 g/mol. The topological polar surface area (TPSA) is 41.5 Å². The predicted molar refractivity (Wildman–Crippen MR) is 68.4 cm³/mol. The van der Waals surface area contributed by atoms with E-state index in [2.05, 4.69) is 5.32 Å². The fourth-order valence-corrected chi connectivity index (χ4v) is 2.30. The molecule has 94 valence electrons. The summed E-state index contributed by atoms with van der Waals surface area (Å²) in [6, 6.07) is 7.14. The zero-order valence-electron chi connectivity index (χ0n) is 10.2. The number of phenols is 1. The summed E-state index contributed by atoms with van der Waals surface area (Å²) in [6.45, 7) is 3.01. The Hall–Kier alpha value is -1.22. The summed E-state index contributed by atoms with van der Waals surface area (Å²) >= 11 is 0. The zero-order valence-corrected chi connectivity index (χ0v) is 10.2. The van der Waals surface area contributed by atoms with Crippen LogP contribution in [0.3, 0.4) is 0 Å². The number of aromatic hydroxyl groups is 1. The van der Waals surface area contributed by atoms with Crippen LogP contribution in [0.25, 0.3) is 0 Å². The molecule has 0 radical (unpaired) electrons. The third kappa shape index (κ3) is 3.93. The molecule has 0 atom stereocenters. The van der Waals surface area contributed by atoms with Gasteiger partial charge in [-0.05, 0) is 56.8 Å². The molecule has 0 unspecified atom stereocenters. The van der Waals surface area contributed by atoms with Crippen molar-refractivity contribution >= 4 is 0 Å². The highest BCUT2D eigenvalue weighted by molar-refractivity contribution is 5.37. The Labute approximate surface area is 103 Å². The van der Waals surface area contributed by atoms with Crippen LogP contribution in [-0.4, -0.2) is 24.8 Å². The second-order valence-corrected chi connectivity index (χ2v) is 4.65. The Kier molecular flexibility index (Phi) is 4.68. The van der Waals surface area contributed by atoms with Gasteiger partial charge in [-0.1, -0.05) is 12.1 Å². The lowest BCUT2D eigenvalue weighted by molar-refractivity contribution is 0.265. The average Bonchev–Trinajstić information content (AvgIpc) is 2.38. The molecular formula is C14H21NO2. The van der Waals surface area contributed by atoms with Crippen LogP contribution in [0.4, 0.5) is 0 Å². The summed E-state index contributed by atoms with van der Waals surface area (Å²) in [7, 11) is 0. The second kappa shape index (κ2) is 6.50. The van der Waals surface area contributed by atoms with E-state index in [4.69, 9.17) is 4.74 Å². The fourth-order valence-electron chi connectivity index (χ4n) is 2.30. The SMILES string of the molecule is Oc1ccccc1OCCCC1CCNCC1. The van der Waals surface area contributed by atoms with Gasteiger partial charge in [0.2, 0.25) is 0 Å². The molecule has 1 aliphatic rings. The van der Waals surface area contributed by atoms with E-state index < -0.39 is 0 Å². The molecule has 0 amide bonds. The van der Waals surface area contributed by atoms with Gasteiger partial charge in [-0.2, -0.15) is 0 Å². The van der Waals surface area contributed by atoms with Gasteiger partial charge in [0.15, 0.2) is 11.5 Å². The van der Waals surface area contributed by atoms with E-state index in [-0.39, 0.29) is 5.75 Å². The summed E-state index contributed by atoms with van der Waals surface area (Å²) in [6.07, 6.45) is 4.88. The average molecular weight is 235 g/mol. The molecule has 0 saturated carbocycles. The fraction of sp³-hybridized carbons (Fsp3) is 0.571. The van der Waals surface area contributed by atoms with Crippen LogP contribution in [0.1, 0.15) is 25.7 Å². The quantitative estimate of drug-likeness (QED) is 0.771. The minimum atomic E-state index is 0.231. The Morgan fingerprint density at radius 3 is 2.76 bits per heavy atom. The van der Waals surface area contributed by atoms with E-state index in [1.165, 1.54) is 19.3 Å². The summed E-state index contributed by atoms with van der Waals surface area (Å²) < 4.78 is 5.56. The molecule has 0 aromatic heterocycles. The van der Waals surface area contributed by atoms with Gasteiger partial charge >= 0.3 is 0 Å². The van der Waals surface area contributed by atoms with E-state index in [1.54, 1.807) is 18.2 Å². The van der Waals surface area contributed by atoms with Crippen LogP contribution in [0, 0.1) is 5.92 Å². The van der Waals surface area contributed by atoms with E-state index in [0.717, 1.165) is 25.4 Å². The van der Waals surface area contributed by atoms with Gasteiger partial charge in [-0.25, -0.2) is 0 Å². The van der Waals surface area contributed by atoms with Crippen LogP contribution in [0.15, 0.2) is 24.3 Å². The van der Waals surface area contributed by atoms with Crippen LogP contribution >= 0.6 is 0 Å². The molecule has 1 saturated heterocycles. The van der Waals surface area contributed by atoms with Crippen LogP contribution in [0.5, 0.6) is 11.5 Å². The predicted octanol–water partition coefficient (Wildman–Crippen LogP) is 2.55. The normalized spacial score (nSPS) is 16.9. The second-order valence-electron chi connectivity index (χ2n) is 4.65. The lowest BCUT2D eigenvalue weighted by atomic mass is 9.93. The number of hydrogen-bond acceptors (Lipinski definition) is 3. The highest BCUT2D eigenvalue weighted by Gasteiger charge is 2.12. The summed E-state index contributed by atoms with van der Waals surface area (Å²) in [5.41, 5.74) is 0. The van der Waals surface area contributed by atoms with Crippen LogP contribution in [-0.2, 0) is 0 Å². The first-order valence-electron chi connectivity index (χ1n) is 6.48. The largest absolute Gasteiger partial charge is 0.504 e. The number of hydrogen-bond donors (Lipinski definition) is 2. The summed E-state index contributed by atoms with van der Waals surface area (Å²) in [5, 5.41) is 12.9. The maximum atomic E-state index is 9.53. The van der Waals surface area contributed by atoms with Crippen molar-refractivity contribution < 1.29 is 9.84 Å². The molecule has 2 N–H and O–H groups in total. The summed E-state index contributed by atoms with van der Waals surface area (Å²) in [5.74, 6) is 1.68. The van der Waals surface area contributed by atoms with Crippen molar-refractivity contribution in [1.82, 2.24) is 5.32 Å². The first-order chi connectivity index (χ1) is 8.36. The lowest BCUT2D eigenvalue weighted by Crippen LogP contribution is -2.27. The molecule has 1 aliphatic heterocycles. The molecule has 3 heteroatoms. The molecule has 0 bridgehead atoms. The molecule has 1 aromatic carbocycles. The molecular weight excluding hydrogens is 214 g/mol. The highest BCUT2D eigenvalue weighted by Crippen LogP contribution is 2.25. The van der Waals surface area contributed by atoms with Crippen molar-refractivity contribution in [3.8, 4) is 11.5 Å². The molecule has 1 heterocycles. The Morgan fingerprint density at radius 1 is 1.24 bits per heavy atom. The molecule has 1 fully saturated rings. The Balaban J connectivity index is 1.64. The zero-order chi connectivity index (χ0) is 11.9. The number of rotatable bonds is 5. The number of nitrogens with one attached hydrogen (secondary N) is 1. The van der Waals surface area contributed by atoms with Crippen molar-refractivity contribution in [2.45, 2.75) is 25.7 Å². The third-order valence-electron chi connectivity index (χ3n) is 3.34. The molecule has 1 aromatic rings. The number of benzene rings is 1. The highest BCUT2D eigenvalue weighted by atomic mass is 16.5. The van der Waals surface area contributed by atoms with Crippen molar-refractivity contribution in [2.24, 2.45) is 5.92 Å². The van der Waals surface area contributed by atoms with Crippen molar-refractivity contribution in [1.29, 1.82) is 0 Å². The Bertz CT molecular complexity index is 335. The Morgan fingerprint density at radius 2 is 2.00 bits per heavy atom. The van der Waals surface area contributed by atoms with Crippen LogP contribution in [0.2, 0.25) is 0 Å². The lowest BCUT2D eigenvalue weighted by Gasteiger charge is -2.22. The van der Waals surface area contributed by atoms with E-state index in [9.17, 15) is 5.11 Å². The van der Waals surface area contributed by atoms with E-state index in [1.807, 2.05) is 6.07 Å². The van der Waals surface area contributed by atoms with Gasteiger partial charge in [0, 0.05) is 0 Å². The molecule has 0 spiro atoms. The number of piperidine rings is 1. The van der Waals surface area contributed by atoms with Crippen LogP contribution < -0.4 is 10.1 Å². The number of para-hydroxylation sites is 2. The first kappa shape index (κ1) is 12.2. The number of ether oxygens (including phenoxy) is 1. The van der Waals surface area contributed by atoms with Gasteiger partial charge in [0.1, 0.15) is 0 Å². The van der Waals surface area contributed by atoms with Gasteiger partial charge in [0.05, 0.1) is 6.61 Å². The van der Waals surface area contributed by atoms with Gasteiger partial charge < -0.3 is 15.2 Å². The number of phenolic OH excluding ortho intramolecular Hbond substituents is 1. The third-order valence-corrected chi connectivity index (χ3v) is 3.34. The maximum Gasteiger partial charge on any atom is 0.160 e.